The largest absolute Gasteiger partial charge is 0.490 e. The van der Waals surface area contributed by atoms with E-state index in [2.05, 4.69) is 5.32 Å². The summed E-state index contributed by atoms with van der Waals surface area (Å²) in [6, 6.07) is 17.5. The number of benzene rings is 2. The van der Waals surface area contributed by atoms with E-state index in [0.717, 1.165) is 18.0 Å². The molecular weight excluding hydrogens is 234 g/mol. The normalized spacial score (nSPS) is 9.94. The summed E-state index contributed by atoms with van der Waals surface area (Å²) < 4.78 is 5.56. The Balaban J connectivity index is 1.76. The van der Waals surface area contributed by atoms with Crippen molar-refractivity contribution in [2.75, 3.05) is 18.5 Å². The molecule has 3 heteroatoms. The van der Waals surface area contributed by atoms with E-state index in [0.29, 0.717) is 11.6 Å². The minimum absolute atomic E-state index is 0.582. The van der Waals surface area contributed by atoms with Crippen molar-refractivity contribution in [3.05, 3.63) is 59.6 Å². The number of hydrogen-bond acceptors (Lipinski definition) is 2. The maximum Gasteiger partial charge on any atom is 0.137 e. The van der Waals surface area contributed by atoms with Gasteiger partial charge in [-0.25, -0.2) is 0 Å². The first-order valence-corrected chi connectivity index (χ1v) is 5.90. The van der Waals surface area contributed by atoms with Crippen LogP contribution in [0.25, 0.3) is 0 Å². The Morgan fingerprint density at radius 1 is 0.941 bits per heavy atom. The summed E-state index contributed by atoms with van der Waals surface area (Å²) in [5.41, 5.74) is 1.09. The number of hydrogen-bond donors (Lipinski definition) is 1. The molecule has 0 saturated carbocycles. The van der Waals surface area contributed by atoms with Crippen LogP contribution in [0.2, 0.25) is 5.02 Å². The van der Waals surface area contributed by atoms with Gasteiger partial charge in [0.1, 0.15) is 12.4 Å². The summed E-state index contributed by atoms with van der Waals surface area (Å²) in [6.45, 7) is 1.33. The van der Waals surface area contributed by atoms with E-state index in [1.54, 1.807) is 0 Å². The van der Waals surface area contributed by atoms with E-state index < -0.39 is 0 Å². The number of ether oxygens (including phenoxy) is 1. The average Bonchev–Trinajstić information content (AvgIpc) is 2.38. The maximum atomic E-state index is 5.97. The predicted molar refractivity (Wildman–Crippen MR) is 71.9 cm³/mol. The molecule has 0 aliphatic heterocycles. The Bertz CT molecular complexity index is 459. The summed E-state index contributed by atoms with van der Waals surface area (Å²) in [7, 11) is 0. The van der Waals surface area contributed by atoms with Crippen LogP contribution in [-0.2, 0) is 0 Å². The molecule has 0 fully saturated rings. The Morgan fingerprint density at radius 3 is 2.41 bits per heavy atom. The quantitative estimate of drug-likeness (QED) is 0.811. The van der Waals surface area contributed by atoms with Crippen molar-refractivity contribution >= 4 is 17.3 Å². The monoisotopic (exact) mass is 247 g/mol. The minimum atomic E-state index is 0.582. The van der Waals surface area contributed by atoms with Crippen LogP contribution >= 0.6 is 11.6 Å². The third kappa shape index (κ3) is 3.68. The van der Waals surface area contributed by atoms with Gasteiger partial charge in [0.25, 0.3) is 0 Å². The number of halogens is 1. The highest BCUT2D eigenvalue weighted by molar-refractivity contribution is 6.32. The first-order valence-electron chi connectivity index (χ1n) is 5.52. The molecule has 0 aliphatic carbocycles. The molecule has 2 nitrogen and oxygen atoms in total. The number of nitrogens with one attached hydrogen (secondary N) is 1. The van der Waals surface area contributed by atoms with E-state index in [9.17, 15) is 0 Å². The third-order valence-corrected chi connectivity index (χ3v) is 2.61. The molecule has 0 unspecified atom stereocenters. The van der Waals surface area contributed by atoms with Crippen molar-refractivity contribution in [2.24, 2.45) is 0 Å². The summed E-state index contributed by atoms with van der Waals surface area (Å²) >= 11 is 5.97. The summed E-state index contributed by atoms with van der Waals surface area (Å²) in [5.74, 6) is 0.726. The fourth-order valence-electron chi connectivity index (χ4n) is 1.47. The number of rotatable bonds is 5. The van der Waals surface area contributed by atoms with Gasteiger partial charge < -0.3 is 10.1 Å². The first-order chi connectivity index (χ1) is 8.36. The fraction of sp³-hybridized carbons (Fsp3) is 0.143. The van der Waals surface area contributed by atoms with Crippen LogP contribution in [0.5, 0.6) is 5.75 Å². The van der Waals surface area contributed by atoms with Crippen molar-refractivity contribution in [1.29, 1.82) is 0 Å². The predicted octanol–water partition coefficient (Wildman–Crippen LogP) is 3.83. The van der Waals surface area contributed by atoms with Crippen molar-refractivity contribution in [1.82, 2.24) is 0 Å². The topological polar surface area (TPSA) is 21.3 Å². The molecule has 0 atom stereocenters. The molecule has 0 aliphatic rings. The zero-order valence-corrected chi connectivity index (χ0v) is 10.2. The second-order valence-electron chi connectivity index (χ2n) is 3.57. The van der Waals surface area contributed by atoms with Gasteiger partial charge in [0.2, 0.25) is 0 Å². The molecule has 2 aromatic rings. The highest BCUT2D eigenvalue weighted by Gasteiger charge is 1.98. The van der Waals surface area contributed by atoms with Gasteiger partial charge in [0.05, 0.1) is 5.02 Å². The SMILES string of the molecule is Clc1ccccc1OCCNc1ccccc1. The van der Waals surface area contributed by atoms with Crippen molar-refractivity contribution < 1.29 is 4.74 Å². The van der Waals surface area contributed by atoms with Crippen molar-refractivity contribution in [3.63, 3.8) is 0 Å². The molecule has 0 radical (unpaired) electrons. The average molecular weight is 248 g/mol. The van der Waals surface area contributed by atoms with Gasteiger partial charge in [-0.1, -0.05) is 41.9 Å². The lowest BCUT2D eigenvalue weighted by Crippen LogP contribution is -2.11. The second-order valence-corrected chi connectivity index (χ2v) is 3.98. The molecule has 1 N–H and O–H groups in total. The third-order valence-electron chi connectivity index (χ3n) is 2.30. The van der Waals surface area contributed by atoms with E-state index in [-0.39, 0.29) is 0 Å². The van der Waals surface area contributed by atoms with E-state index in [4.69, 9.17) is 16.3 Å². The molecule has 17 heavy (non-hydrogen) atoms. The zero-order chi connectivity index (χ0) is 11.9. The van der Waals surface area contributed by atoms with E-state index in [1.165, 1.54) is 0 Å². The van der Waals surface area contributed by atoms with Gasteiger partial charge in [-0.2, -0.15) is 0 Å². The van der Waals surface area contributed by atoms with Gasteiger partial charge in [-0.05, 0) is 24.3 Å². The smallest absolute Gasteiger partial charge is 0.137 e. The van der Waals surface area contributed by atoms with Crippen LogP contribution in [0.4, 0.5) is 5.69 Å². The lowest BCUT2D eigenvalue weighted by atomic mass is 10.3. The molecule has 0 amide bonds. The summed E-state index contributed by atoms with van der Waals surface area (Å²) in [4.78, 5) is 0. The number of para-hydroxylation sites is 2. The molecule has 88 valence electrons. The van der Waals surface area contributed by atoms with Crippen molar-refractivity contribution in [2.45, 2.75) is 0 Å². The van der Waals surface area contributed by atoms with Gasteiger partial charge >= 0.3 is 0 Å². The van der Waals surface area contributed by atoms with Crippen LogP contribution in [0.3, 0.4) is 0 Å². The first kappa shape index (κ1) is 11.8. The fourth-order valence-corrected chi connectivity index (χ4v) is 1.66. The standard InChI is InChI=1S/C14H14ClNO/c15-13-8-4-5-9-14(13)17-11-10-16-12-6-2-1-3-7-12/h1-9,16H,10-11H2. The molecule has 0 saturated heterocycles. The molecule has 2 rings (SSSR count). The molecule has 0 spiro atoms. The summed E-state index contributed by atoms with van der Waals surface area (Å²) in [6.07, 6.45) is 0. The van der Waals surface area contributed by atoms with Gasteiger partial charge in [0.15, 0.2) is 0 Å². The van der Waals surface area contributed by atoms with E-state index >= 15 is 0 Å². The molecule has 0 heterocycles. The highest BCUT2D eigenvalue weighted by Crippen LogP contribution is 2.22. The van der Waals surface area contributed by atoms with Gasteiger partial charge in [0, 0.05) is 12.2 Å². The lowest BCUT2D eigenvalue weighted by molar-refractivity contribution is 0.333. The van der Waals surface area contributed by atoms with Crippen LogP contribution in [0.1, 0.15) is 0 Å². The molecule has 0 aromatic heterocycles. The Hall–Kier alpha value is -1.67. The Labute approximate surface area is 106 Å². The zero-order valence-electron chi connectivity index (χ0n) is 9.40. The number of anilines is 1. The van der Waals surface area contributed by atoms with E-state index in [1.807, 2.05) is 54.6 Å². The van der Waals surface area contributed by atoms with Crippen LogP contribution in [0.15, 0.2) is 54.6 Å². The van der Waals surface area contributed by atoms with Gasteiger partial charge in [-0.3, -0.25) is 0 Å². The van der Waals surface area contributed by atoms with Crippen LogP contribution in [-0.4, -0.2) is 13.2 Å². The van der Waals surface area contributed by atoms with Crippen LogP contribution < -0.4 is 10.1 Å². The Kier molecular flexibility index (Phi) is 4.28. The second kappa shape index (κ2) is 6.16. The summed E-state index contributed by atoms with van der Waals surface area (Å²) in [5, 5.41) is 3.91. The maximum absolute atomic E-state index is 5.97. The minimum Gasteiger partial charge on any atom is -0.490 e. The Morgan fingerprint density at radius 2 is 1.65 bits per heavy atom. The van der Waals surface area contributed by atoms with Crippen LogP contribution in [0, 0.1) is 0 Å². The highest BCUT2D eigenvalue weighted by atomic mass is 35.5. The lowest BCUT2D eigenvalue weighted by Gasteiger charge is -2.09. The molecular formula is C14H14ClNO. The molecule has 0 bridgehead atoms. The van der Waals surface area contributed by atoms with Gasteiger partial charge in [-0.15, -0.1) is 0 Å². The molecule has 2 aromatic carbocycles. The van der Waals surface area contributed by atoms with Crippen molar-refractivity contribution in [3.8, 4) is 5.75 Å².